The van der Waals surface area contributed by atoms with Gasteiger partial charge in [-0.3, -0.25) is 0 Å². The van der Waals surface area contributed by atoms with Crippen molar-refractivity contribution < 1.29 is 14.3 Å². The van der Waals surface area contributed by atoms with Gasteiger partial charge in [0.05, 0.1) is 0 Å². The standard InChI is InChI=1S/C27H42O3/c1-3-5-7-10-22-13-15-25(16-14-22)29-26(28)30-27(19-4-2)20-17-24(18-21-27)23-11-8-6-9-12-23/h13-16,23-24H,3-12,17-21H2,1-2H3/t24-,27+. The van der Waals surface area contributed by atoms with Crippen LogP contribution in [-0.2, 0) is 11.2 Å². The highest BCUT2D eigenvalue weighted by atomic mass is 16.7. The maximum absolute atomic E-state index is 12.6. The summed E-state index contributed by atoms with van der Waals surface area (Å²) in [7, 11) is 0. The van der Waals surface area contributed by atoms with Crippen LogP contribution >= 0.6 is 0 Å². The Morgan fingerprint density at radius 3 is 2.20 bits per heavy atom. The quantitative estimate of drug-likeness (QED) is 0.232. The number of benzene rings is 1. The number of carbonyl (C=O) groups is 1. The second kappa shape index (κ2) is 11.8. The van der Waals surface area contributed by atoms with E-state index in [1.165, 1.54) is 69.8 Å². The first-order valence-electron chi connectivity index (χ1n) is 12.6. The van der Waals surface area contributed by atoms with Gasteiger partial charge in [0, 0.05) is 0 Å². The van der Waals surface area contributed by atoms with Gasteiger partial charge in [0.1, 0.15) is 11.4 Å². The first kappa shape index (κ1) is 23.2. The number of rotatable bonds is 9. The second-order valence-electron chi connectivity index (χ2n) is 9.72. The lowest BCUT2D eigenvalue weighted by Gasteiger charge is -2.42. The fourth-order valence-electron chi connectivity index (χ4n) is 5.70. The topological polar surface area (TPSA) is 35.5 Å². The van der Waals surface area contributed by atoms with Crippen LogP contribution < -0.4 is 4.74 Å². The molecule has 0 radical (unpaired) electrons. The van der Waals surface area contributed by atoms with Gasteiger partial charge in [-0.15, -0.1) is 0 Å². The Balaban J connectivity index is 1.50. The highest BCUT2D eigenvalue weighted by Gasteiger charge is 2.40. The van der Waals surface area contributed by atoms with Gasteiger partial charge in [-0.05, 0) is 74.5 Å². The van der Waals surface area contributed by atoms with Crippen LogP contribution in [0.3, 0.4) is 0 Å². The van der Waals surface area contributed by atoms with Crippen molar-refractivity contribution in [2.45, 2.75) is 116 Å². The molecule has 1 aromatic carbocycles. The fourth-order valence-corrected chi connectivity index (χ4v) is 5.70. The Morgan fingerprint density at radius 2 is 1.57 bits per heavy atom. The summed E-state index contributed by atoms with van der Waals surface area (Å²) in [5, 5.41) is 0. The summed E-state index contributed by atoms with van der Waals surface area (Å²) in [6.45, 7) is 4.40. The molecule has 0 spiro atoms. The highest BCUT2D eigenvalue weighted by Crippen LogP contribution is 2.44. The summed E-state index contributed by atoms with van der Waals surface area (Å²) in [5.74, 6) is 2.32. The first-order chi connectivity index (χ1) is 14.6. The molecule has 0 saturated heterocycles. The molecule has 0 aliphatic heterocycles. The van der Waals surface area contributed by atoms with E-state index in [-0.39, 0.29) is 5.60 Å². The van der Waals surface area contributed by atoms with Crippen molar-refractivity contribution in [3.05, 3.63) is 29.8 Å². The molecule has 168 valence electrons. The molecular formula is C27H42O3. The average Bonchev–Trinajstić information content (AvgIpc) is 2.76. The maximum atomic E-state index is 12.6. The van der Waals surface area contributed by atoms with E-state index in [4.69, 9.17) is 9.47 Å². The molecule has 2 aliphatic rings. The molecule has 0 bridgehead atoms. The Labute approximate surface area is 183 Å². The van der Waals surface area contributed by atoms with Crippen LogP contribution in [0.25, 0.3) is 0 Å². The zero-order chi connectivity index (χ0) is 21.2. The molecular weight excluding hydrogens is 372 g/mol. The van der Waals surface area contributed by atoms with Gasteiger partial charge in [0.25, 0.3) is 0 Å². The van der Waals surface area contributed by atoms with E-state index in [9.17, 15) is 4.79 Å². The Bertz CT molecular complexity index is 622. The van der Waals surface area contributed by atoms with Crippen LogP contribution in [0, 0.1) is 11.8 Å². The molecule has 0 aromatic heterocycles. The van der Waals surface area contributed by atoms with E-state index < -0.39 is 6.16 Å². The molecule has 0 N–H and O–H groups in total. The summed E-state index contributed by atoms with van der Waals surface area (Å²) >= 11 is 0. The molecule has 0 unspecified atom stereocenters. The van der Waals surface area contributed by atoms with Gasteiger partial charge in [-0.1, -0.05) is 77.3 Å². The minimum absolute atomic E-state index is 0.322. The zero-order valence-corrected chi connectivity index (χ0v) is 19.3. The lowest BCUT2D eigenvalue weighted by Crippen LogP contribution is -2.41. The average molecular weight is 415 g/mol. The summed E-state index contributed by atoms with van der Waals surface area (Å²) < 4.78 is 11.6. The number of ether oxygens (including phenoxy) is 2. The van der Waals surface area contributed by atoms with Crippen molar-refractivity contribution in [3.63, 3.8) is 0 Å². The van der Waals surface area contributed by atoms with Crippen molar-refractivity contribution in [3.8, 4) is 5.75 Å². The predicted octanol–water partition coefficient (Wildman–Crippen LogP) is 8.24. The van der Waals surface area contributed by atoms with Crippen LogP contribution in [-0.4, -0.2) is 11.8 Å². The molecule has 2 aliphatic carbocycles. The second-order valence-corrected chi connectivity index (χ2v) is 9.72. The predicted molar refractivity (Wildman–Crippen MR) is 123 cm³/mol. The number of aryl methyl sites for hydroxylation is 1. The Kier molecular flexibility index (Phi) is 9.08. The molecule has 0 atom stereocenters. The van der Waals surface area contributed by atoms with Crippen LogP contribution in [0.1, 0.15) is 109 Å². The maximum Gasteiger partial charge on any atom is 0.514 e. The molecule has 3 nitrogen and oxygen atoms in total. The van der Waals surface area contributed by atoms with Crippen LogP contribution in [0.5, 0.6) is 5.75 Å². The summed E-state index contributed by atoms with van der Waals surface area (Å²) in [6, 6.07) is 7.93. The van der Waals surface area contributed by atoms with Crippen LogP contribution in [0.4, 0.5) is 4.79 Å². The minimum atomic E-state index is -0.529. The van der Waals surface area contributed by atoms with Crippen molar-refractivity contribution in [1.82, 2.24) is 0 Å². The van der Waals surface area contributed by atoms with E-state index in [2.05, 4.69) is 26.0 Å². The monoisotopic (exact) mass is 414 g/mol. The lowest BCUT2D eigenvalue weighted by atomic mass is 9.68. The van der Waals surface area contributed by atoms with Crippen LogP contribution in [0.15, 0.2) is 24.3 Å². The first-order valence-corrected chi connectivity index (χ1v) is 12.6. The highest BCUT2D eigenvalue weighted by molar-refractivity contribution is 5.64. The third kappa shape index (κ3) is 6.75. The molecule has 3 rings (SSSR count). The third-order valence-corrected chi connectivity index (χ3v) is 7.46. The van der Waals surface area contributed by atoms with Crippen molar-refractivity contribution in [1.29, 1.82) is 0 Å². The van der Waals surface area contributed by atoms with E-state index >= 15 is 0 Å². The van der Waals surface area contributed by atoms with E-state index in [0.29, 0.717) is 5.75 Å². The van der Waals surface area contributed by atoms with Gasteiger partial charge in [-0.25, -0.2) is 4.79 Å². The normalized spacial score (nSPS) is 25.1. The van der Waals surface area contributed by atoms with Crippen LogP contribution in [0.2, 0.25) is 0 Å². The summed E-state index contributed by atoms with van der Waals surface area (Å²) in [5.41, 5.74) is 0.976. The van der Waals surface area contributed by atoms with Crippen molar-refractivity contribution >= 4 is 6.16 Å². The lowest BCUT2D eigenvalue weighted by molar-refractivity contribution is -0.0575. The van der Waals surface area contributed by atoms with Gasteiger partial charge in [0.2, 0.25) is 0 Å². The Hall–Kier alpha value is -1.51. The summed E-state index contributed by atoms with van der Waals surface area (Å²) in [6.07, 6.45) is 17.6. The molecule has 0 amide bonds. The number of hydrogen-bond acceptors (Lipinski definition) is 3. The molecule has 30 heavy (non-hydrogen) atoms. The summed E-state index contributed by atoms with van der Waals surface area (Å²) in [4.78, 5) is 12.6. The Morgan fingerprint density at radius 1 is 0.900 bits per heavy atom. The van der Waals surface area contributed by atoms with Gasteiger partial charge >= 0.3 is 6.16 Å². The molecule has 2 fully saturated rings. The van der Waals surface area contributed by atoms with Gasteiger partial charge < -0.3 is 9.47 Å². The minimum Gasteiger partial charge on any atom is -0.427 e. The SMILES string of the molecule is CCCCCc1ccc(OC(=O)O[C@]2(CCC)CC[C@H](C3CCCCC3)CC2)cc1. The van der Waals surface area contributed by atoms with Gasteiger partial charge in [-0.2, -0.15) is 0 Å². The molecule has 0 heterocycles. The smallest absolute Gasteiger partial charge is 0.427 e. The molecule has 3 heteroatoms. The zero-order valence-electron chi connectivity index (χ0n) is 19.3. The number of unbranched alkanes of at least 4 members (excludes halogenated alkanes) is 2. The van der Waals surface area contributed by atoms with E-state index in [1.54, 1.807) is 0 Å². The van der Waals surface area contributed by atoms with Gasteiger partial charge in [0.15, 0.2) is 0 Å². The van der Waals surface area contributed by atoms with Crippen molar-refractivity contribution in [2.24, 2.45) is 11.8 Å². The fraction of sp³-hybridized carbons (Fsp3) is 0.741. The number of carbonyl (C=O) groups excluding carboxylic acids is 1. The van der Waals surface area contributed by atoms with E-state index in [0.717, 1.165) is 43.9 Å². The number of hydrogen-bond donors (Lipinski definition) is 0. The molecule has 2 saturated carbocycles. The largest absolute Gasteiger partial charge is 0.514 e. The van der Waals surface area contributed by atoms with E-state index in [1.807, 2.05) is 12.1 Å². The third-order valence-electron chi connectivity index (χ3n) is 7.46. The van der Waals surface area contributed by atoms with Crippen molar-refractivity contribution in [2.75, 3.05) is 0 Å². The molecule has 1 aromatic rings.